The van der Waals surface area contributed by atoms with Crippen molar-refractivity contribution in [2.24, 2.45) is 5.10 Å². The van der Waals surface area contributed by atoms with Crippen LogP contribution in [0.25, 0.3) is 0 Å². The maximum Gasteiger partial charge on any atom is 0.216 e. The summed E-state index contributed by atoms with van der Waals surface area (Å²) in [5, 5.41) is 11.6. The summed E-state index contributed by atoms with van der Waals surface area (Å²) in [6.45, 7) is 0.469. The van der Waals surface area contributed by atoms with Gasteiger partial charge in [-0.05, 0) is 54.4 Å². The van der Waals surface area contributed by atoms with Crippen LogP contribution in [0.3, 0.4) is 0 Å². The van der Waals surface area contributed by atoms with Crippen molar-refractivity contribution in [1.82, 2.24) is 14.9 Å². The molecule has 0 amide bonds. The Bertz CT molecular complexity index is 1010. The van der Waals surface area contributed by atoms with Gasteiger partial charge in [-0.3, -0.25) is 5.10 Å². The number of benzene rings is 2. The number of nitrogens with zero attached hydrogens (tertiary/aromatic N) is 3. The number of rotatable bonds is 7. The smallest absolute Gasteiger partial charge is 0.216 e. The zero-order chi connectivity index (χ0) is 18.6. The quantitative estimate of drug-likeness (QED) is 0.491. The Balaban J connectivity index is 1.55. The van der Waals surface area contributed by atoms with Gasteiger partial charge in [-0.1, -0.05) is 30.3 Å². The summed E-state index contributed by atoms with van der Waals surface area (Å²) in [6, 6.07) is 15.7. The molecular weight excluding hydrogens is 360 g/mol. The van der Waals surface area contributed by atoms with E-state index in [2.05, 4.69) is 15.3 Å². The fourth-order valence-corrected chi connectivity index (χ4v) is 2.95. The fourth-order valence-electron chi connectivity index (χ4n) is 2.77. The predicted octanol–water partition coefficient (Wildman–Crippen LogP) is 4.29. The molecule has 0 spiro atoms. The molecular formula is C20H20N4O2S. The number of methoxy groups -OCH3 is 1. The van der Waals surface area contributed by atoms with Crippen molar-refractivity contribution >= 4 is 18.4 Å². The molecule has 0 unspecified atom stereocenters. The molecule has 0 atom stereocenters. The van der Waals surface area contributed by atoms with Crippen LogP contribution in [0.2, 0.25) is 0 Å². The third-order valence-electron chi connectivity index (χ3n) is 4.37. The van der Waals surface area contributed by atoms with Crippen LogP contribution < -0.4 is 9.47 Å². The molecule has 0 saturated heterocycles. The van der Waals surface area contributed by atoms with Crippen molar-refractivity contribution < 1.29 is 9.47 Å². The van der Waals surface area contributed by atoms with Gasteiger partial charge >= 0.3 is 0 Å². The lowest BCUT2D eigenvalue weighted by Crippen LogP contribution is -2.00. The molecule has 1 aliphatic rings. The Kier molecular flexibility index (Phi) is 5.02. The van der Waals surface area contributed by atoms with Crippen LogP contribution in [0.4, 0.5) is 0 Å². The summed E-state index contributed by atoms with van der Waals surface area (Å²) in [5.74, 6) is 2.70. The lowest BCUT2D eigenvalue weighted by Gasteiger charge is -2.11. The summed E-state index contributed by atoms with van der Waals surface area (Å²) in [4.78, 5) is 0. The van der Waals surface area contributed by atoms with Crippen molar-refractivity contribution in [3.05, 3.63) is 70.3 Å². The van der Waals surface area contributed by atoms with Gasteiger partial charge in [0.15, 0.2) is 17.3 Å². The average molecular weight is 380 g/mol. The molecule has 0 bridgehead atoms. The molecule has 0 aliphatic heterocycles. The number of H-pyrrole nitrogens is 1. The van der Waals surface area contributed by atoms with E-state index in [0.29, 0.717) is 28.8 Å². The molecule has 6 nitrogen and oxygen atoms in total. The molecule has 0 radical (unpaired) electrons. The van der Waals surface area contributed by atoms with E-state index in [0.717, 1.165) is 29.8 Å². The van der Waals surface area contributed by atoms with Crippen LogP contribution in [-0.2, 0) is 6.61 Å². The van der Waals surface area contributed by atoms with Crippen molar-refractivity contribution in [3.63, 3.8) is 0 Å². The number of aromatic amines is 1. The minimum absolute atomic E-state index is 0.454. The van der Waals surface area contributed by atoms with E-state index in [-0.39, 0.29) is 0 Å². The van der Waals surface area contributed by atoms with Gasteiger partial charge in [-0.25, -0.2) is 0 Å². The summed E-state index contributed by atoms with van der Waals surface area (Å²) in [7, 11) is 1.63. The second kappa shape index (κ2) is 7.75. The highest BCUT2D eigenvalue weighted by atomic mass is 32.1. The molecule has 1 heterocycles. The summed E-state index contributed by atoms with van der Waals surface area (Å²) >= 11 is 5.28. The van der Waals surface area contributed by atoms with E-state index in [1.807, 2.05) is 48.5 Å². The maximum atomic E-state index is 5.95. The Morgan fingerprint density at radius 3 is 2.78 bits per heavy atom. The van der Waals surface area contributed by atoms with Gasteiger partial charge in [0.1, 0.15) is 6.61 Å². The third-order valence-corrected chi connectivity index (χ3v) is 4.63. The van der Waals surface area contributed by atoms with E-state index >= 15 is 0 Å². The lowest BCUT2D eigenvalue weighted by molar-refractivity contribution is 0.284. The number of ether oxygens (including phenoxy) is 2. The van der Waals surface area contributed by atoms with Crippen molar-refractivity contribution in [2.45, 2.75) is 25.4 Å². The highest BCUT2D eigenvalue weighted by Gasteiger charge is 2.29. The van der Waals surface area contributed by atoms with Crippen LogP contribution in [-0.4, -0.2) is 28.2 Å². The normalized spacial score (nSPS) is 13.8. The van der Waals surface area contributed by atoms with Crippen molar-refractivity contribution in [1.29, 1.82) is 0 Å². The first-order valence-electron chi connectivity index (χ1n) is 8.81. The van der Waals surface area contributed by atoms with Gasteiger partial charge in [0.05, 0.1) is 13.3 Å². The van der Waals surface area contributed by atoms with E-state index < -0.39 is 0 Å². The standard InChI is InChI=1S/C20H20N4O2S/c1-25-17-10-7-15(11-18(17)26-13-14-5-3-2-4-6-14)12-21-24-19(16-8-9-16)22-23-20(24)27/h2-7,10-12,16H,8-9,13H2,1H3,(H,23,27)/b21-12-. The summed E-state index contributed by atoms with van der Waals surface area (Å²) in [5.41, 5.74) is 1.99. The molecule has 1 aliphatic carbocycles. The molecule has 1 N–H and O–H groups in total. The monoisotopic (exact) mass is 380 g/mol. The Morgan fingerprint density at radius 1 is 1.22 bits per heavy atom. The van der Waals surface area contributed by atoms with Crippen molar-refractivity contribution in [3.8, 4) is 11.5 Å². The van der Waals surface area contributed by atoms with Gasteiger partial charge in [0.25, 0.3) is 0 Å². The van der Waals surface area contributed by atoms with Gasteiger partial charge in [0.2, 0.25) is 4.77 Å². The zero-order valence-electron chi connectivity index (χ0n) is 15.0. The molecule has 2 aromatic carbocycles. The highest BCUT2D eigenvalue weighted by molar-refractivity contribution is 7.71. The zero-order valence-corrected chi connectivity index (χ0v) is 15.8. The van der Waals surface area contributed by atoms with E-state index in [9.17, 15) is 0 Å². The van der Waals surface area contributed by atoms with E-state index in [1.54, 1.807) is 18.0 Å². The summed E-state index contributed by atoms with van der Waals surface area (Å²) < 4.78 is 13.6. The number of hydrogen-bond donors (Lipinski definition) is 1. The Hall–Kier alpha value is -2.93. The fraction of sp³-hybridized carbons (Fsp3) is 0.250. The first-order chi connectivity index (χ1) is 13.2. The molecule has 1 saturated carbocycles. The number of nitrogens with one attached hydrogen (secondary N) is 1. The molecule has 4 rings (SSSR count). The molecule has 1 fully saturated rings. The van der Waals surface area contributed by atoms with E-state index in [4.69, 9.17) is 21.7 Å². The predicted molar refractivity (Wildman–Crippen MR) is 106 cm³/mol. The Labute approximate surface area is 162 Å². The maximum absolute atomic E-state index is 5.95. The first kappa shape index (κ1) is 17.5. The number of aromatic nitrogens is 3. The molecule has 27 heavy (non-hydrogen) atoms. The minimum atomic E-state index is 0.454. The van der Waals surface area contributed by atoms with Crippen LogP contribution in [0.1, 0.15) is 35.7 Å². The SMILES string of the molecule is COc1ccc(/C=N\n2c(C3CC3)n[nH]c2=S)cc1OCc1ccccc1. The van der Waals surface area contributed by atoms with Crippen LogP contribution in [0, 0.1) is 4.77 Å². The second-order valence-electron chi connectivity index (χ2n) is 6.40. The van der Waals surface area contributed by atoms with Crippen molar-refractivity contribution in [2.75, 3.05) is 7.11 Å². The van der Waals surface area contributed by atoms with E-state index in [1.165, 1.54) is 0 Å². The third kappa shape index (κ3) is 4.09. The van der Waals surface area contributed by atoms with Gasteiger partial charge in [0, 0.05) is 5.92 Å². The lowest BCUT2D eigenvalue weighted by atomic mass is 10.2. The van der Waals surface area contributed by atoms with Gasteiger partial charge in [-0.15, -0.1) is 0 Å². The molecule has 1 aromatic heterocycles. The second-order valence-corrected chi connectivity index (χ2v) is 6.79. The largest absolute Gasteiger partial charge is 0.493 e. The topological polar surface area (TPSA) is 64.4 Å². The average Bonchev–Trinajstić information content (AvgIpc) is 3.48. The van der Waals surface area contributed by atoms with Gasteiger partial charge in [-0.2, -0.15) is 14.9 Å². The Morgan fingerprint density at radius 2 is 2.04 bits per heavy atom. The minimum Gasteiger partial charge on any atom is -0.493 e. The van der Waals surface area contributed by atoms with Crippen LogP contribution in [0.5, 0.6) is 11.5 Å². The molecule has 3 aromatic rings. The van der Waals surface area contributed by atoms with Crippen LogP contribution >= 0.6 is 12.2 Å². The highest BCUT2D eigenvalue weighted by Crippen LogP contribution is 2.38. The van der Waals surface area contributed by atoms with Gasteiger partial charge < -0.3 is 9.47 Å². The molecule has 138 valence electrons. The first-order valence-corrected chi connectivity index (χ1v) is 9.22. The summed E-state index contributed by atoms with van der Waals surface area (Å²) in [6.07, 6.45) is 4.02. The van der Waals surface area contributed by atoms with Crippen LogP contribution in [0.15, 0.2) is 53.6 Å². The number of hydrogen-bond acceptors (Lipinski definition) is 5. The molecule has 7 heteroatoms.